The largest absolute Gasteiger partial charge is 0.497 e. The zero-order valence-electron chi connectivity index (χ0n) is 18.2. The minimum absolute atomic E-state index is 0.0298. The predicted molar refractivity (Wildman–Crippen MR) is 115 cm³/mol. The summed E-state index contributed by atoms with van der Waals surface area (Å²) in [7, 11) is 1.60. The van der Waals surface area contributed by atoms with Gasteiger partial charge in [-0.1, -0.05) is 12.1 Å². The minimum Gasteiger partial charge on any atom is -0.497 e. The van der Waals surface area contributed by atoms with Crippen molar-refractivity contribution in [1.82, 2.24) is 10.3 Å². The summed E-state index contributed by atoms with van der Waals surface area (Å²) in [6.45, 7) is 5.33. The zero-order chi connectivity index (χ0) is 23.0. The van der Waals surface area contributed by atoms with Crippen LogP contribution < -0.4 is 15.6 Å². The number of carbonyl (C=O) groups is 2. The summed E-state index contributed by atoms with van der Waals surface area (Å²) in [6, 6.07) is 9.44. The van der Waals surface area contributed by atoms with E-state index < -0.39 is 17.6 Å². The third kappa shape index (κ3) is 6.44. The van der Waals surface area contributed by atoms with Crippen molar-refractivity contribution >= 4 is 11.9 Å². The summed E-state index contributed by atoms with van der Waals surface area (Å²) in [5.41, 5.74) is 2.54. The first kappa shape index (κ1) is 23.7. The second kappa shape index (κ2) is 11.0. The van der Waals surface area contributed by atoms with Gasteiger partial charge < -0.3 is 19.8 Å². The molecule has 0 saturated heterocycles. The number of amides is 1. The molecule has 164 valence electrons. The monoisotopic (exact) mass is 425 g/mol. The molecule has 8 nitrogen and oxygen atoms in total. The highest BCUT2D eigenvalue weighted by Crippen LogP contribution is 2.15. The number of esters is 1. The summed E-state index contributed by atoms with van der Waals surface area (Å²) in [6.07, 6.45) is 0.0499. The van der Waals surface area contributed by atoms with Crippen LogP contribution >= 0.6 is 0 Å². The lowest BCUT2D eigenvalue weighted by Crippen LogP contribution is -2.37. The number of benzene rings is 1. The predicted octanol–water partition coefficient (Wildman–Crippen LogP) is 2.10. The molecule has 1 atom stereocenters. The number of nitriles is 1. The van der Waals surface area contributed by atoms with Gasteiger partial charge in [0, 0.05) is 18.7 Å². The standard InChI is InChI=1S/C23H27N3O5/c1-14-19(15(2)26-23(29)20(14)13-24)9-10-21(27)31-16(3)22(28)25-12-11-17-5-7-18(30-4)8-6-17/h5-8,16H,9-12H2,1-4H3,(H,25,28)(H,26,29)/t16-/m0/s1. The molecule has 1 heterocycles. The molecule has 0 aliphatic heterocycles. The number of rotatable bonds is 9. The van der Waals surface area contributed by atoms with Crippen LogP contribution in [0.3, 0.4) is 0 Å². The highest BCUT2D eigenvalue weighted by Gasteiger charge is 2.19. The van der Waals surface area contributed by atoms with Crippen LogP contribution in [0.15, 0.2) is 29.1 Å². The van der Waals surface area contributed by atoms with E-state index >= 15 is 0 Å². The summed E-state index contributed by atoms with van der Waals surface area (Å²) in [5.74, 6) is -0.129. The number of carbonyl (C=O) groups excluding carboxylic acids is 2. The van der Waals surface area contributed by atoms with Gasteiger partial charge in [-0.2, -0.15) is 5.26 Å². The van der Waals surface area contributed by atoms with E-state index in [1.54, 1.807) is 21.0 Å². The molecule has 31 heavy (non-hydrogen) atoms. The van der Waals surface area contributed by atoms with E-state index in [4.69, 9.17) is 14.7 Å². The van der Waals surface area contributed by atoms with Crippen LogP contribution in [0.25, 0.3) is 0 Å². The van der Waals surface area contributed by atoms with Gasteiger partial charge in [-0.05, 0) is 62.4 Å². The first-order valence-corrected chi connectivity index (χ1v) is 9.99. The van der Waals surface area contributed by atoms with Crippen LogP contribution in [-0.4, -0.2) is 36.6 Å². The highest BCUT2D eigenvalue weighted by atomic mass is 16.5. The molecule has 2 N–H and O–H groups in total. The molecule has 0 aliphatic carbocycles. The maximum atomic E-state index is 12.2. The average Bonchev–Trinajstić information content (AvgIpc) is 2.74. The second-order valence-corrected chi connectivity index (χ2v) is 7.19. The van der Waals surface area contributed by atoms with Crippen molar-refractivity contribution in [3.05, 3.63) is 62.6 Å². The van der Waals surface area contributed by atoms with E-state index in [1.807, 2.05) is 30.3 Å². The van der Waals surface area contributed by atoms with E-state index in [0.717, 1.165) is 16.9 Å². The number of aryl methyl sites for hydroxylation is 1. The molecule has 0 radical (unpaired) electrons. The summed E-state index contributed by atoms with van der Waals surface area (Å²) in [5, 5.41) is 11.9. The average molecular weight is 425 g/mol. The molecule has 1 aromatic carbocycles. The van der Waals surface area contributed by atoms with Crippen LogP contribution in [0.2, 0.25) is 0 Å². The van der Waals surface area contributed by atoms with Crippen LogP contribution in [-0.2, 0) is 27.2 Å². The molecular formula is C23H27N3O5. The Hall–Kier alpha value is -3.60. The number of pyridine rings is 1. The van der Waals surface area contributed by atoms with Crippen molar-refractivity contribution in [3.8, 4) is 11.8 Å². The molecule has 2 aromatic rings. The SMILES string of the molecule is COc1ccc(CCNC(=O)[C@H](C)OC(=O)CCc2c(C)[nH]c(=O)c(C#N)c2C)cc1. The summed E-state index contributed by atoms with van der Waals surface area (Å²) < 4.78 is 10.3. The Morgan fingerprint density at radius 3 is 2.48 bits per heavy atom. The van der Waals surface area contributed by atoms with Crippen molar-refractivity contribution in [2.24, 2.45) is 0 Å². The number of nitrogens with zero attached hydrogens (tertiary/aromatic N) is 1. The lowest BCUT2D eigenvalue weighted by atomic mass is 9.99. The molecule has 1 amide bonds. The maximum Gasteiger partial charge on any atom is 0.306 e. The van der Waals surface area contributed by atoms with Crippen molar-refractivity contribution in [2.45, 2.75) is 46.1 Å². The second-order valence-electron chi connectivity index (χ2n) is 7.19. The van der Waals surface area contributed by atoms with Crippen molar-refractivity contribution in [2.75, 3.05) is 13.7 Å². The van der Waals surface area contributed by atoms with E-state index in [9.17, 15) is 14.4 Å². The van der Waals surface area contributed by atoms with Crippen molar-refractivity contribution < 1.29 is 19.1 Å². The third-order valence-corrected chi connectivity index (χ3v) is 5.05. The van der Waals surface area contributed by atoms with E-state index in [1.165, 1.54) is 6.92 Å². The molecule has 0 fully saturated rings. The molecule has 0 unspecified atom stereocenters. The number of hydrogen-bond acceptors (Lipinski definition) is 6. The molecule has 0 saturated carbocycles. The number of methoxy groups -OCH3 is 1. The Morgan fingerprint density at radius 1 is 1.19 bits per heavy atom. The number of nitrogens with one attached hydrogen (secondary N) is 2. The smallest absolute Gasteiger partial charge is 0.306 e. The molecule has 0 aliphatic rings. The minimum atomic E-state index is -0.921. The Labute approximate surface area is 181 Å². The Balaban J connectivity index is 1.82. The fourth-order valence-electron chi connectivity index (χ4n) is 3.22. The Morgan fingerprint density at radius 2 is 1.87 bits per heavy atom. The Bertz CT molecular complexity index is 1030. The van der Waals surface area contributed by atoms with Gasteiger partial charge in [0.1, 0.15) is 17.4 Å². The zero-order valence-corrected chi connectivity index (χ0v) is 18.2. The fourth-order valence-corrected chi connectivity index (χ4v) is 3.22. The van der Waals surface area contributed by atoms with Crippen molar-refractivity contribution in [3.63, 3.8) is 0 Å². The first-order valence-electron chi connectivity index (χ1n) is 9.99. The van der Waals surface area contributed by atoms with Gasteiger partial charge in [-0.15, -0.1) is 0 Å². The van der Waals surface area contributed by atoms with Gasteiger partial charge in [0.2, 0.25) is 0 Å². The van der Waals surface area contributed by atoms with Gasteiger partial charge >= 0.3 is 5.97 Å². The van der Waals surface area contributed by atoms with E-state index in [2.05, 4.69) is 10.3 Å². The van der Waals surface area contributed by atoms with Gasteiger partial charge in [0.15, 0.2) is 6.10 Å². The number of aromatic nitrogens is 1. The molecule has 1 aromatic heterocycles. The highest BCUT2D eigenvalue weighted by molar-refractivity contribution is 5.83. The Kier molecular flexibility index (Phi) is 8.38. The molecule has 8 heteroatoms. The summed E-state index contributed by atoms with van der Waals surface area (Å²) in [4.78, 5) is 38.8. The van der Waals surface area contributed by atoms with Crippen LogP contribution in [0, 0.1) is 25.2 Å². The molecule has 2 rings (SSSR count). The molecular weight excluding hydrogens is 398 g/mol. The third-order valence-electron chi connectivity index (χ3n) is 5.05. The lowest BCUT2D eigenvalue weighted by Gasteiger charge is -2.14. The van der Waals surface area contributed by atoms with E-state index in [0.29, 0.717) is 30.6 Å². The van der Waals surface area contributed by atoms with Gasteiger partial charge in [0.25, 0.3) is 11.5 Å². The van der Waals surface area contributed by atoms with Crippen LogP contribution in [0.5, 0.6) is 5.75 Å². The number of ether oxygens (including phenoxy) is 2. The topological polar surface area (TPSA) is 121 Å². The van der Waals surface area contributed by atoms with Crippen molar-refractivity contribution in [1.29, 1.82) is 5.26 Å². The van der Waals surface area contributed by atoms with Gasteiger partial charge in [0.05, 0.1) is 7.11 Å². The van der Waals surface area contributed by atoms with Crippen LogP contribution in [0.4, 0.5) is 0 Å². The molecule has 0 spiro atoms. The normalized spacial score (nSPS) is 11.3. The number of aromatic amines is 1. The number of H-pyrrole nitrogens is 1. The van der Waals surface area contributed by atoms with Crippen LogP contribution in [0.1, 0.15) is 41.3 Å². The summed E-state index contributed by atoms with van der Waals surface area (Å²) >= 11 is 0. The number of hydrogen-bond donors (Lipinski definition) is 2. The fraction of sp³-hybridized carbons (Fsp3) is 0.391. The van der Waals surface area contributed by atoms with E-state index in [-0.39, 0.29) is 17.9 Å². The van der Waals surface area contributed by atoms with Gasteiger partial charge in [-0.25, -0.2) is 0 Å². The van der Waals surface area contributed by atoms with Gasteiger partial charge in [-0.3, -0.25) is 14.4 Å². The lowest BCUT2D eigenvalue weighted by molar-refractivity contribution is -0.154. The maximum absolute atomic E-state index is 12.2. The molecule has 0 bridgehead atoms. The first-order chi connectivity index (χ1) is 14.8. The quantitative estimate of drug-likeness (QED) is 0.594.